The molecule has 0 spiro atoms. The van der Waals surface area contributed by atoms with Gasteiger partial charge in [0.2, 0.25) is 0 Å². The number of fused-ring (bicyclic) bond motifs is 1. The molecule has 0 fully saturated rings. The Labute approximate surface area is 104 Å². The van der Waals surface area contributed by atoms with E-state index in [9.17, 15) is 13.5 Å². The van der Waals surface area contributed by atoms with Crippen LogP contribution in [0.4, 0.5) is 0 Å². The van der Waals surface area contributed by atoms with Gasteiger partial charge < -0.3 is 5.11 Å². The lowest BCUT2D eigenvalue weighted by Gasteiger charge is -2.05. The number of para-hydroxylation sites is 1. The van der Waals surface area contributed by atoms with Crippen molar-refractivity contribution in [3.63, 3.8) is 0 Å². The minimum Gasteiger partial charge on any atom is -0.506 e. The van der Waals surface area contributed by atoms with E-state index in [2.05, 4.69) is 20.9 Å². The zero-order valence-electron chi connectivity index (χ0n) is 7.68. The Morgan fingerprint density at radius 1 is 1.38 bits per heavy atom. The van der Waals surface area contributed by atoms with Gasteiger partial charge in [0.1, 0.15) is 10.6 Å². The Hall–Kier alpha value is -0.850. The van der Waals surface area contributed by atoms with E-state index in [1.165, 1.54) is 0 Å². The van der Waals surface area contributed by atoms with Crippen molar-refractivity contribution in [1.29, 1.82) is 0 Å². The van der Waals surface area contributed by atoms with E-state index in [0.29, 0.717) is 15.4 Å². The SMILES string of the molecule is O=S(=O)(Cl)c1cnc2c(Br)cccc2c1O. The van der Waals surface area contributed by atoms with Gasteiger partial charge in [0.15, 0.2) is 0 Å². The van der Waals surface area contributed by atoms with Crippen molar-refractivity contribution in [3.05, 3.63) is 28.9 Å². The second-order valence-electron chi connectivity index (χ2n) is 3.04. The summed E-state index contributed by atoms with van der Waals surface area (Å²) in [6.07, 6.45) is 1.03. The van der Waals surface area contributed by atoms with Crippen molar-refractivity contribution >= 4 is 46.6 Å². The summed E-state index contributed by atoms with van der Waals surface area (Å²) in [5.74, 6) is -0.388. The molecule has 1 aromatic heterocycles. The van der Waals surface area contributed by atoms with Gasteiger partial charge in [-0.2, -0.15) is 0 Å². The smallest absolute Gasteiger partial charge is 0.266 e. The molecule has 2 aromatic rings. The summed E-state index contributed by atoms with van der Waals surface area (Å²) in [6.45, 7) is 0. The third kappa shape index (κ3) is 1.88. The van der Waals surface area contributed by atoms with Crippen LogP contribution in [0.3, 0.4) is 0 Å². The maximum Gasteiger partial charge on any atom is 0.266 e. The van der Waals surface area contributed by atoms with Gasteiger partial charge in [-0.3, -0.25) is 4.98 Å². The Morgan fingerprint density at radius 2 is 2.06 bits per heavy atom. The molecule has 0 amide bonds. The quantitative estimate of drug-likeness (QED) is 0.820. The van der Waals surface area contributed by atoms with Crippen LogP contribution < -0.4 is 0 Å². The molecule has 1 N–H and O–H groups in total. The molecule has 0 aliphatic rings. The minimum absolute atomic E-state index is 0.330. The van der Waals surface area contributed by atoms with E-state index < -0.39 is 9.05 Å². The summed E-state index contributed by atoms with van der Waals surface area (Å²) in [5, 5.41) is 10.1. The van der Waals surface area contributed by atoms with E-state index in [-0.39, 0.29) is 10.6 Å². The van der Waals surface area contributed by atoms with Crippen LogP contribution in [0.25, 0.3) is 10.9 Å². The average molecular weight is 323 g/mol. The highest BCUT2D eigenvalue weighted by molar-refractivity contribution is 9.10. The minimum atomic E-state index is -3.99. The van der Waals surface area contributed by atoms with Gasteiger partial charge in [0, 0.05) is 20.5 Å². The molecule has 0 atom stereocenters. The van der Waals surface area contributed by atoms with E-state index in [1.54, 1.807) is 18.2 Å². The molecule has 0 saturated carbocycles. The first-order chi connectivity index (χ1) is 7.41. The molecular weight excluding hydrogens is 318 g/mol. The standard InChI is InChI=1S/C9H5BrClNO3S/c10-6-3-1-2-5-8(6)12-4-7(9(5)13)16(11,14)15/h1-4H,(H,12,13). The van der Waals surface area contributed by atoms with Crippen LogP contribution in [-0.4, -0.2) is 18.5 Å². The molecule has 0 bridgehead atoms. The van der Waals surface area contributed by atoms with Gasteiger partial charge in [-0.1, -0.05) is 6.07 Å². The maximum atomic E-state index is 11.1. The Bertz CT molecular complexity index is 672. The molecular formula is C9H5BrClNO3S. The number of hydrogen-bond donors (Lipinski definition) is 1. The van der Waals surface area contributed by atoms with Crippen LogP contribution in [0.15, 0.2) is 33.8 Å². The Kier molecular flexibility index (Phi) is 2.81. The summed E-state index contributed by atoms with van der Waals surface area (Å²) in [6, 6.07) is 4.97. The highest BCUT2D eigenvalue weighted by Gasteiger charge is 2.19. The highest BCUT2D eigenvalue weighted by Crippen LogP contribution is 2.34. The van der Waals surface area contributed by atoms with Crippen molar-refractivity contribution in [3.8, 4) is 5.75 Å². The molecule has 0 unspecified atom stereocenters. The first-order valence-corrected chi connectivity index (χ1v) is 7.22. The number of aromatic nitrogens is 1. The second-order valence-corrected chi connectivity index (χ2v) is 6.43. The van der Waals surface area contributed by atoms with E-state index in [0.717, 1.165) is 6.20 Å². The number of aromatic hydroxyl groups is 1. The fourth-order valence-electron chi connectivity index (χ4n) is 1.33. The lowest BCUT2D eigenvalue weighted by molar-refractivity contribution is 0.465. The average Bonchev–Trinajstić information content (AvgIpc) is 2.18. The third-order valence-electron chi connectivity index (χ3n) is 2.05. The zero-order chi connectivity index (χ0) is 11.9. The van der Waals surface area contributed by atoms with Crippen LogP contribution in [-0.2, 0) is 9.05 Å². The van der Waals surface area contributed by atoms with Gasteiger partial charge >= 0.3 is 0 Å². The van der Waals surface area contributed by atoms with E-state index in [1.807, 2.05) is 0 Å². The van der Waals surface area contributed by atoms with E-state index in [4.69, 9.17) is 10.7 Å². The van der Waals surface area contributed by atoms with Gasteiger partial charge in [-0.25, -0.2) is 8.42 Å². The Balaban J connectivity index is 2.92. The number of rotatable bonds is 1. The van der Waals surface area contributed by atoms with Crippen LogP contribution in [0.2, 0.25) is 0 Å². The Morgan fingerprint density at radius 3 is 2.69 bits per heavy atom. The molecule has 0 radical (unpaired) electrons. The first-order valence-electron chi connectivity index (χ1n) is 4.12. The second kappa shape index (κ2) is 3.87. The van der Waals surface area contributed by atoms with Crippen molar-refractivity contribution < 1.29 is 13.5 Å². The molecule has 0 aliphatic carbocycles. The number of halogens is 2. The van der Waals surface area contributed by atoms with Crippen LogP contribution in [0.5, 0.6) is 5.75 Å². The molecule has 2 rings (SSSR count). The summed E-state index contributed by atoms with van der Waals surface area (Å²) in [7, 11) is 1.17. The molecule has 0 saturated heterocycles. The summed E-state index contributed by atoms with van der Waals surface area (Å²) < 4.78 is 22.9. The lowest BCUT2D eigenvalue weighted by Crippen LogP contribution is -1.94. The first kappa shape index (κ1) is 11.6. The third-order valence-corrected chi connectivity index (χ3v) is 4.01. The fraction of sp³-hybridized carbons (Fsp3) is 0. The van der Waals surface area contributed by atoms with Crippen LogP contribution in [0, 0.1) is 0 Å². The molecule has 1 heterocycles. The maximum absolute atomic E-state index is 11.1. The number of benzene rings is 1. The number of nitrogens with zero attached hydrogens (tertiary/aromatic N) is 1. The number of pyridine rings is 1. The van der Waals surface area contributed by atoms with Gasteiger partial charge in [0.25, 0.3) is 9.05 Å². The van der Waals surface area contributed by atoms with Crippen molar-refractivity contribution in [2.75, 3.05) is 0 Å². The molecule has 84 valence electrons. The summed E-state index contributed by atoms with van der Waals surface area (Å²) in [4.78, 5) is 3.55. The van der Waals surface area contributed by atoms with Gasteiger partial charge in [-0.05, 0) is 28.1 Å². The lowest BCUT2D eigenvalue weighted by atomic mass is 10.2. The predicted octanol–water partition coefficient (Wildman–Crippen LogP) is 2.63. The summed E-state index contributed by atoms with van der Waals surface area (Å²) in [5.41, 5.74) is 0.476. The zero-order valence-corrected chi connectivity index (χ0v) is 10.8. The van der Waals surface area contributed by atoms with Crippen LogP contribution in [0.1, 0.15) is 0 Å². The number of hydrogen-bond acceptors (Lipinski definition) is 4. The predicted molar refractivity (Wildman–Crippen MR) is 64.1 cm³/mol. The molecule has 4 nitrogen and oxygen atoms in total. The molecule has 1 aromatic carbocycles. The molecule has 16 heavy (non-hydrogen) atoms. The van der Waals surface area contributed by atoms with Crippen molar-refractivity contribution in [2.45, 2.75) is 4.90 Å². The van der Waals surface area contributed by atoms with Gasteiger partial charge in [0.05, 0.1) is 11.7 Å². The van der Waals surface area contributed by atoms with Gasteiger partial charge in [-0.15, -0.1) is 0 Å². The fourth-order valence-corrected chi connectivity index (χ4v) is 2.66. The summed E-state index contributed by atoms with van der Waals surface area (Å²) >= 11 is 3.25. The van der Waals surface area contributed by atoms with Crippen molar-refractivity contribution in [1.82, 2.24) is 4.98 Å². The van der Waals surface area contributed by atoms with Crippen LogP contribution >= 0.6 is 26.6 Å². The normalized spacial score (nSPS) is 11.9. The highest BCUT2D eigenvalue weighted by atomic mass is 79.9. The van der Waals surface area contributed by atoms with E-state index >= 15 is 0 Å². The largest absolute Gasteiger partial charge is 0.506 e. The molecule has 7 heteroatoms. The van der Waals surface area contributed by atoms with Crippen molar-refractivity contribution in [2.24, 2.45) is 0 Å². The topological polar surface area (TPSA) is 67.3 Å². The monoisotopic (exact) mass is 321 g/mol. The molecule has 0 aliphatic heterocycles.